The summed E-state index contributed by atoms with van der Waals surface area (Å²) in [5.74, 6) is -1.36. The van der Waals surface area contributed by atoms with E-state index in [0.29, 0.717) is 5.56 Å². The zero-order valence-electron chi connectivity index (χ0n) is 11.8. The number of carboxylic acids is 1. The maximum absolute atomic E-state index is 11.5. The van der Waals surface area contributed by atoms with Crippen molar-refractivity contribution in [1.29, 1.82) is 0 Å². The number of aromatic hydroxyl groups is 1. The van der Waals surface area contributed by atoms with Crippen LogP contribution in [0.4, 0.5) is 0 Å². The quantitative estimate of drug-likeness (QED) is 0.541. The van der Waals surface area contributed by atoms with Crippen LogP contribution in [0.2, 0.25) is 5.02 Å². The van der Waals surface area contributed by atoms with Gasteiger partial charge in [-0.25, -0.2) is 0 Å². The molecule has 8 nitrogen and oxygen atoms in total. The van der Waals surface area contributed by atoms with E-state index in [1.165, 1.54) is 25.5 Å². The van der Waals surface area contributed by atoms with Crippen LogP contribution in [-0.4, -0.2) is 45.8 Å². The lowest BCUT2D eigenvalue weighted by molar-refractivity contribution is -0.138. The number of nitrogens with zero attached hydrogens (tertiary/aromatic N) is 2. The van der Waals surface area contributed by atoms with Crippen molar-refractivity contribution in [3.8, 4) is 11.5 Å². The van der Waals surface area contributed by atoms with Gasteiger partial charge in [0.05, 0.1) is 24.8 Å². The number of aliphatic carboxylic acids is 1. The fourth-order valence-electron chi connectivity index (χ4n) is 1.71. The number of thioether (sulfide) groups is 1. The zero-order valence-corrected chi connectivity index (χ0v) is 13.4. The van der Waals surface area contributed by atoms with Crippen molar-refractivity contribution >= 4 is 46.6 Å². The predicted octanol–water partition coefficient (Wildman–Crippen LogP) is 1.45. The van der Waals surface area contributed by atoms with Gasteiger partial charge in [-0.05, 0) is 6.07 Å². The molecule has 0 saturated carbocycles. The number of carbonyl (C=O) groups is 2. The van der Waals surface area contributed by atoms with Gasteiger partial charge in [-0.3, -0.25) is 9.59 Å². The molecule has 0 spiro atoms. The Hall–Kier alpha value is -2.26. The second kappa shape index (κ2) is 7.34. The number of phenols is 1. The zero-order chi connectivity index (χ0) is 17.0. The summed E-state index contributed by atoms with van der Waals surface area (Å²) in [5.41, 5.74) is 0.460. The maximum Gasteiger partial charge on any atom is 0.305 e. The molecule has 1 fully saturated rings. The summed E-state index contributed by atoms with van der Waals surface area (Å²) in [6.07, 6.45) is 1.04. The van der Waals surface area contributed by atoms with E-state index in [2.05, 4.69) is 15.5 Å². The normalized spacial score (nSPS) is 19.3. The standard InChI is InChI=1S/C13H12ClN3O5S/c1-22-9-2-6(7(14)3-8(9)18)5-15-17-13-16-12(21)10(23-13)4-11(19)20/h2-3,5,10,18H,4H2,1H3,(H,19,20)(H,16,17,21). The first kappa shape index (κ1) is 17.1. The summed E-state index contributed by atoms with van der Waals surface area (Å²) in [5, 5.41) is 28.0. The largest absolute Gasteiger partial charge is 0.504 e. The van der Waals surface area contributed by atoms with Gasteiger partial charge in [0.1, 0.15) is 5.25 Å². The fraction of sp³-hybridized carbons (Fsp3) is 0.231. The molecule has 1 saturated heterocycles. The molecule has 23 heavy (non-hydrogen) atoms. The van der Waals surface area contributed by atoms with Gasteiger partial charge in [0, 0.05) is 11.6 Å². The van der Waals surface area contributed by atoms with Crippen molar-refractivity contribution in [1.82, 2.24) is 5.32 Å². The molecule has 1 unspecified atom stereocenters. The average molecular weight is 358 g/mol. The Balaban J connectivity index is 2.10. The second-order valence-electron chi connectivity index (χ2n) is 4.39. The number of phenolic OH excluding ortho intramolecular Hbond substituents is 1. The molecule has 0 aromatic heterocycles. The molecule has 122 valence electrons. The third kappa shape index (κ3) is 4.36. The van der Waals surface area contributed by atoms with E-state index in [9.17, 15) is 14.7 Å². The molecule has 2 rings (SSSR count). The molecule has 1 amide bonds. The first-order valence-electron chi connectivity index (χ1n) is 6.27. The number of carboxylic acid groups (broad SMARTS) is 1. The Labute approximate surface area is 140 Å². The van der Waals surface area contributed by atoms with Gasteiger partial charge in [0.25, 0.3) is 0 Å². The minimum Gasteiger partial charge on any atom is -0.504 e. The highest BCUT2D eigenvalue weighted by atomic mass is 35.5. The predicted molar refractivity (Wildman–Crippen MR) is 86.5 cm³/mol. The van der Waals surface area contributed by atoms with Crippen LogP contribution in [0.3, 0.4) is 0 Å². The first-order valence-corrected chi connectivity index (χ1v) is 7.53. The molecular weight excluding hydrogens is 346 g/mol. The Bertz CT molecular complexity index is 707. The highest BCUT2D eigenvalue weighted by molar-refractivity contribution is 8.15. The summed E-state index contributed by atoms with van der Waals surface area (Å²) in [4.78, 5) is 22.2. The molecule has 1 aliphatic heterocycles. The van der Waals surface area contributed by atoms with E-state index in [-0.39, 0.29) is 28.1 Å². The smallest absolute Gasteiger partial charge is 0.305 e. The molecule has 0 bridgehead atoms. The van der Waals surface area contributed by atoms with Crippen LogP contribution in [0, 0.1) is 0 Å². The minimum absolute atomic E-state index is 0.101. The Kier molecular flexibility index (Phi) is 5.45. The number of nitrogens with one attached hydrogen (secondary N) is 1. The highest BCUT2D eigenvalue weighted by Gasteiger charge is 2.32. The van der Waals surface area contributed by atoms with Crippen molar-refractivity contribution in [2.45, 2.75) is 11.7 Å². The van der Waals surface area contributed by atoms with Gasteiger partial charge in [0.2, 0.25) is 5.91 Å². The molecule has 10 heteroatoms. The number of halogens is 1. The van der Waals surface area contributed by atoms with Crippen molar-refractivity contribution in [3.63, 3.8) is 0 Å². The summed E-state index contributed by atoms with van der Waals surface area (Å²) >= 11 is 6.96. The summed E-state index contributed by atoms with van der Waals surface area (Å²) in [7, 11) is 1.40. The van der Waals surface area contributed by atoms with Crippen molar-refractivity contribution in [3.05, 3.63) is 22.7 Å². The monoisotopic (exact) mass is 357 g/mol. The van der Waals surface area contributed by atoms with E-state index >= 15 is 0 Å². The topological polar surface area (TPSA) is 121 Å². The van der Waals surface area contributed by atoms with Gasteiger partial charge in [-0.2, -0.15) is 5.10 Å². The van der Waals surface area contributed by atoms with Gasteiger partial charge < -0.3 is 20.3 Å². The second-order valence-corrected chi connectivity index (χ2v) is 5.99. The number of carbonyl (C=O) groups excluding carboxylic acids is 1. The Morgan fingerprint density at radius 2 is 2.30 bits per heavy atom. The highest BCUT2D eigenvalue weighted by Crippen LogP contribution is 2.31. The fourth-order valence-corrected chi connectivity index (χ4v) is 2.83. The van der Waals surface area contributed by atoms with Crippen LogP contribution in [-0.2, 0) is 9.59 Å². The van der Waals surface area contributed by atoms with Crippen LogP contribution in [0.5, 0.6) is 11.5 Å². The van der Waals surface area contributed by atoms with Crippen LogP contribution >= 0.6 is 23.4 Å². The van der Waals surface area contributed by atoms with Crippen LogP contribution in [0.1, 0.15) is 12.0 Å². The average Bonchev–Trinajstić information content (AvgIpc) is 2.80. The summed E-state index contributed by atoms with van der Waals surface area (Å²) in [6, 6.07) is 2.79. The van der Waals surface area contributed by atoms with Crippen LogP contribution < -0.4 is 10.1 Å². The van der Waals surface area contributed by atoms with E-state index in [1.807, 2.05) is 0 Å². The molecule has 1 aromatic rings. The number of rotatable bonds is 5. The van der Waals surface area contributed by atoms with Crippen molar-refractivity contribution < 1.29 is 24.5 Å². The maximum atomic E-state index is 11.5. The lowest BCUT2D eigenvalue weighted by Gasteiger charge is -2.05. The Morgan fingerprint density at radius 1 is 1.57 bits per heavy atom. The molecule has 3 N–H and O–H groups in total. The van der Waals surface area contributed by atoms with Gasteiger partial charge in [-0.15, -0.1) is 5.10 Å². The number of hydrogen-bond donors (Lipinski definition) is 3. The number of ether oxygens (including phenoxy) is 1. The first-order chi connectivity index (χ1) is 10.9. The van der Waals surface area contributed by atoms with E-state index in [4.69, 9.17) is 21.4 Å². The van der Waals surface area contributed by atoms with Gasteiger partial charge in [-0.1, -0.05) is 23.4 Å². The number of benzene rings is 1. The van der Waals surface area contributed by atoms with Crippen LogP contribution in [0.25, 0.3) is 0 Å². The molecule has 1 aliphatic rings. The van der Waals surface area contributed by atoms with Crippen molar-refractivity contribution in [2.75, 3.05) is 7.11 Å². The molecule has 1 atom stereocenters. The van der Waals surface area contributed by atoms with Crippen molar-refractivity contribution in [2.24, 2.45) is 10.2 Å². The molecule has 1 aromatic carbocycles. The summed E-state index contributed by atoms with van der Waals surface area (Å²) in [6.45, 7) is 0. The molecular formula is C13H12ClN3O5S. The minimum atomic E-state index is -1.06. The van der Waals surface area contributed by atoms with Gasteiger partial charge >= 0.3 is 5.97 Å². The molecule has 0 aliphatic carbocycles. The summed E-state index contributed by atoms with van der Waals surface area (Å²) < 4.78 is 4.96. The lowest BCUT2D eigenvalue weighted by Crippen LogP contribution is -2.26. The number of amides is 1. The van der Waals surface area contributed by atoms with Crippen LogP contribution in [0.15, 0.2) is 22.3 Å². The number of amidine groups is 1. The number of methoxy groups -OCH3 is 1. The Morgan fingerprint density at radius 3 is 2.96 bits per heavy atom. The number of hydrogen-bond acceptors (Lipinski definition) is 7. The van der Waals surface area contributed by atoms with E-state index in [1.54, 1.807) is 0 Å². The van der Waals surface area contributed by atoms with Gasteiger partial charge in [0.15, 0.2) is 16.7 Å². The van der Waals surface area contributed by atoms with E-state index in [0.717, 1.165) is 11.8 Å². The lowest BCUT2D eigenvalue weighted by atomic mass is 10.2. The van der Waals surface area contributed by atoms with E-state index < -0.39 is 17.1 Å². The molecule has 0 radical (unpaired) electrons. The molecule has 1 heterocycles. The third-order valence-corrected chi connectivity index (χ3v) is 4.18. The SMILES string of the molecule is COc1cc(C=NN=C2NC(=O)C(CC(=O)O)S2)c(Cl)cc1O. The third-order valence-electron chi connectivity index (χ3n) is 2.78.